The molecule has 2 saturated heterocycles. The maximum absolute atomic E-state index is 14.3. The van der Waals surface area contributed by atoms with Gasteiger partial charge >= 0.3 is 12.1 Å². The SMILES string of the molecule is C=C[C@@H]1C2C[C@@](O)(NC(=O)O2)[C@H](OC)/C=C/C=C(\C)Cc2cc(OC)c(Cl)c(c2)N(C)C(=O)C[C@H](OC(=O)[C@H](C)N(C)C(=O)CCSCC(=O)C(N)(CC)CCCCC)[C@]2(C)O[C@@H]12. The van der Waals surface area contributed by atoms with E-state index in [4.69, 9.17) is 41.0 Å². The summed E-state index contributed by atoms with van der Waals surface area (Å²) in [6.45, 7) is 13.1. The molecule has 3 heterocycles. The molecule has 3 aliphatic heterocycles. The molecule has 2 unspecified atom stereocenters. The lowest BCUT2D eigenvalue weighted by atomic mass is 9.82. The molecule has 9 atom stereocenters. The van der Waals surface area contributed by atoms with Crippen molar-refractivity contribution in [3.63, 3.8) is 0 Å². The molecule has 4 rings (SSSR count). The fourth-order valence-corrected chi connectivity index (χ4v) is 9.34. The third-order valence-corrected chi connectivity index (χ3v) is 14.0. The molecular weight excluding hydrogens is 852 g/mol. The smallest absolute Gasteiger partial charge is 0.409 e. The van der Waals surface area contributed by atoms with E-state index in [1.54, 1.807) is 44.3 Å². The number of methoxy groups -OCH3 is 2. The first-order valence-corrected chi connectivity index (χ1v) is 23.1. The number of allylic oxidation sites excluding steroid dienone is 3. The predicted octanol–water partition coefficient (Wildman–Crippen LogP) is 6.06. The standard InChI is InChI=1S/C46H67ClN4O11S/c1-11-14-15-20-45(48,13-3)35(52)27-63-21-19-38(53)50(7)29(5)42(55)61-37-25-39(54)51(8)32-23-30(24-33(58-9)40(32)47)22-28(4)17-16-18-36(59-10)46(57)26-34(60-43(56)49-46)31(12-2)41-44(37,6)62-41/h12,16-18,23-24,29,31,34,36-37,41,57H,2,11,13-15,19-22,25-27,48H2,1,3-10H3,(H,49,56)/b18-16+,28-17+/t29-,31+,34?,36+,37-,41-,44-,45?,46-/m0/s1. The number of benzene rings is 1. The van der Waals surface area contributed by atoms with Crippen molar-refractivity contribution < 1.29 is 52.8 Å². The zero-order chi connectivity index (χ0) is 46.9. The van der Waals surface area contributed by atoms with Crippen LogP contribution >= 0.6 is 23.4 Å². The summed E-state index contributed by atoms with van der Waals surface area (Å²) in [7, 11) is 5.94. The molecule has 63 heavy (non-hydrogen) atoms. The van der Waals surface area contributed by atoms with Crippen LogP contribution in [0, 0.1) is 5.92 Å². The number of thioether (sulfide) groups is 1. The summed E-state index contributed by atoms with van der Waals surface area (Å²) in [5.74, 6) is -1.53. The highest BCUT2D eigenvalue weighted by Gasteiger charge is 2.65. The van der Waals surface area contributed by atoms with E-state index in [-0.39, 0.29) is 41.7 Å². The second-order valence-corrected chi connectivity index (χ2v) is 18.5. The van der Waals surface area contributed by atoms with E-state index >= 15 is 0 Å². The number of likely N-dealkylation sites (N-methyl/N-ethyl adjacent to an activating group) is 1. The van der Waals surface area contributed by atoms with E-state index < -0.39 is 71.2 Å². The zero-order valence-electron chi connectivity index (χ0n) is 38.2. The Morgan fingerprint density at radius 1 is 1.24 bits per heavy atom. The predicted molar refractivity (Wildman–Crippen MR) is 244 cm³/mol. The van der Waals surface area contributed by atoms with Gasteiger partial charge in [-0.1, -0.05) is 74.6 Å². The minimum atomic E-state index is -1.90. The highest BCUT2D eigenvalue weighted by molar-refractivity contribution is 7.99. The summed E-state index contributed by atoms with van der Waals surface area (Å²) in [5.41, 5.74) is 4.40. The number of ether oxygens (including phenoxy) is 5. The maximum Gasteiger partial charge on any atom is 0.409 e. The van der Waals surface area contributed by atoms with Gasteiger partial charge in [-0.05, 0) is 57.7 Å². The number of nitrogens with one attached hydrogen (secondary N) is 1. The molecular formula is C46H67ClN4O11S. The van der Waals surface area contributed by atoms with Crippen LogP contribution in [0.3, 0.4) is 0 Å². The van der Waals surface area contributed by atoms with E-state index in [9.17, 15) is 29.1 Å². The number of Topliss-reactive ketones (excluding diaryl/α,β-unsaturated/α-hetero) is 1. The van der Waals surface area contributed by atoms with Crippen LogP contribution in [0.4, 0.5) is 10.5 Å². The van der Waals surface area contributed by atoms with Gasteiger partial charge in [0.05, 0.1) is 30.5 Å². The number of ketones is 1. The Bertz CT molecular complexity index is 1910. The lowest BCUT2D eigenvalue weighted by Gasteiger charge is -2.42. The average Bonchev–Trinajstić information content (AvgIpc) is 3.93. The third kappa shape index (κ3) is 12.5. The van der Waals surface area contributed by atoms with Crippen molar-refractivity contribution in [2.75, 3.05) is 44.7 Å². The van der Waals surface area contributed by atoms with E-state index in [1.165, 1.54) is 49.8 Å². The highest BCUT2D eigenvalue weighted by atomic mass is 35.5. The number of anilines is 1. The van der Waals surface area contributed by atoms with Crippen LogP contribution < -0.4 is 20.7 Å². The first-order chi connectivity index (χ1) is 29.7. The first kappa shape index (κ1) is 51.7. The Morgan fingerprint density at radius 3 is 2.59 bits per heavy atom. The summed E-state index contributed by atoms with van der Waals surface area (Å²) in [6.07, 6.45) is 5.91. The molecule has 350 valence electrons. The lowest BCUT2D eigenvalue weighted by molar-refractivity contribution is -0.161. The molecule has 1 aromatic carbocycles. The lowest BCUT2D eigenvalue weighted by Crippen LogP contribution is -2.63. The Hall–Kier alpha value is -3.93. The van der Waals surface area contributed by atoms with Crippen LogP contribution in [0.2, 0.25) is 5.02 Å². The number of fused-ring (bicyclic) bond motifs is 5. The van der Waals surface area contributed by atoms with E-state index in [1.807, 2.05) is 19.9 Å². The molecule has 0 spiro atoms. The number of hydrogen-bond acceptors (Lipinski definition) is 13. The van der Waals surface area contributed by atoms with Gasteiger partial charge < -0.3 is 44.3 Å². The number of carbonyl (C=O) groups excluding carboxylic acids is 5. The highest BCUT2D eigenvalue weighted by Crippen LogP contribution is 2.50. The molecule has 0 saturated carbocycles. The Kier molecular flexibility index (Phi) is 18.3. The number of alkyl carbamates (subject to hydrolysis) is 1. The van der Waals surface area contributed by atoms with Crippen molar-refractivity contribution in [1.82, 2.24) is 10.2 Å². The van der Waals surface area contributed by atoms with Crippen LogP contribution in [0.25, 0.3) is 0 Å². The monoisotopic (exact) mass is 918 g/mol. The Balaban J connectivity index is 1.61. The van der Waals surface area contributed by atoms with Gasteiger partial charge in [0.15, 0.2) is 11.5 Å². The van der Waals surface area contributed by atoms with Gasteiger partial charge in [-0.25, -0.2) is 9.59 Å². The van der Waals surface area contributed by atoms with Gasteiger partial charge in [0.2, 0.25) is 11.8 Å². The van der Waals surface area contributed by atoms with E-state index in [0.29, 0.717) is 36.5 Å². The molecule has 4 N–H and O–H groups in total. The number of nitrogens with zero attached hydrogens (tertiary/aromatic N) is 2. The van der Waals surface area contributed by atoms with Crippen molar-refractivity contribution in [2.45, 2.75) is 140 Å². The van der Waals surface area contributed by atoms with Crippen LogP contribution in [0.15, 0.2) is 48.6 Å². The van der Waals surface area contributed by atoms with Gasteiger partial charge in [0.1, 0.15) is 46.8 Å². The van der Waals surface area contributed by atoms with Gasteiger partial charge in [0, 0.05) is 45.7 Å². The molecule has 15 nitrogen and oxygen atoms in total. The normalized spacial score (nSPS) is 29.0. The number of carbonyl (C=O) groups is 5. The Labute approximate surface area is 381 Å². The first-order valence-electron chi connectivity index (χ1n) is 21.6. The number of epoxide rings is 1. The van der Waals surface area contributed by atoms with Crippen molar-refractivity contribution >= 4 is 58.7 Å². The summed E-state index contributed by atoms with van der Waals surface area (Å²) in [4.78, 5) is 70.4. The zero-order valence-corrected chi connectivity index (χ0v) is 39.8. The van der Waals surface area contributed by atoms with Gasteiger partial charge in [-0.15, -0.1) is 6.58 Å². The summed E-state index contributed by atoms with van der Waals surface area (Å²) in [6, 6.07) is 2.48. The van der Waals surface area contributed by atoms with Crippen molar-refractivity contribution in [1.29, 1.82) is 0 Å². The van der Waals surface area contributed by atoms with Gasteiger partial charge in [-0.2, -0.15) is 11.8 Å². The summed E-state index contributed by atoms with van der Waals surface area (Å²) in [5, 5.41) is 14.6. The van der Waals surface area contributed by atoms with Gasteiger partial charge in [0.25, 0.3) is 0 Å². The third-order valence-electron chi connectivity index (χ3n) is 12.6. The average molecular weight is 920 g/mol. The number of amides is 3. The van der Waals surface area contributed by atoms with E-state index in [2.05, 4.69) is 18.8 Å². The van der Waals surface area contributed by atoms with Crippen LogP contribution in [-0.4, -0.2) is 127 Å². The van der Waals surface area contributed by atoms with E-state index in [0.717, 1.165) is 30.4 Å². The maximum atomic E-state index is 14.3. The van der Waals surface area contributed by atoms with Crippen LogP contribution in [0.1, 0.15) is 91.5 Å². The Morgan fingerprint density at radius 2 is 1.95 bits per heavy atom. The summed E-state index contributed by atoms with van der Waals surface area (Å²) >= 11 is 8.13. The second-order valence-electron chi connectivity index (χ2n) is 17.1. The molecule has 1 aromatic rings. The fourth-order valence-electron chi connectivity index (χ4n) is 8.09. The minimum Gasteiger partial charge on any atom is -0.495 e. The molecule has 2 fully saturated rings. The number of rotatable bonds is 17. The number of hydrogen-bond donors (Lipinski definition) is 3. The quantitative estimate of drug-likeness (QED) is 0.0706. The number of halogens is 1. The molecule has 0 aromatic heterocycles. The molecule has 3 amide bonds. The molecule has 0 aliphatic carbocycles. The molecule has 17 heteroatoms. The number of esters is 1. The largest absolute Gasteiger partial charge is 0.495 e. The second kappa shape index (κ2) is 22.3. The summed E-state index contributed by atoms with van der Waals surface area (Å²) < 4.78 is 29.4. The van der Waals surface area contributed by atoms with Crippen LogP contribution in [-0.2, 0) is 44.5 Å². The number of aliphatic hydroxyl groups is 1. The molecule has 0 radical (unpaired) electrons. The number of nitrogens with two attached hydrogens (primary N) is 1. The topological polar surface area (TPSA) is 200 Å². The van der Waals surface area contributed by atoms with Crippen molar-refractivity contribution in [3.05, 3.63) is 59.2 Å². The molecule has 3 aliphatic rings. The fraction of sp³-hybridized carbons (Fsp3) is 0.630. The molecule has 4 bridgehead atoms. The minimum absolute atomic E-state index is 0.0424. The number of unbranched alkanes of at least 4 members (excludes halogenated alkanes) is 2. The van der Waals surface area contributed by atoms with Crippen molar-refractivity contribution in [3.8, 4) is 5.75 Å². The van der Waals surface area contributed by atoms with Crippen molar-refractivity contribution in [2.24, 2.45) is 11.7 Å². The van der Waals surface area contributed by atoms with Crippen LogP contribution in [0.5, 0.6) is 5.75 Å². The van der Waals surface area contributed by atoms with Gasteiger partial charge in [-0.3, -0.25) is 19.7 Å².